The van der Waals surface area contributed by atoms with Crippen molar-refractivity contribution in [3.8, 4) is 0 Å². The average molecular weight is 678 g/mol. The molecule has 3 fully saturated rings. The van der Waals surface area contributed by atoms with Crippen molar-refractivity contribution in [2.24, 2.45) is 0 Å². The summed E-state index contributed by atoms with van der Waals surface area (Å²) >= 11 is 0. The van der Waals surface area contributed by atoms with Crippen LogP contribution in [-0.4, -0.2) is 100 Å². The normalized spacial score (nSPS) is 31.3. The molecule has 0 aliphatic carbocycles. The van der Waals surface area contributed by atoms with E-state index < -0.39 is 67.4 Å². The summed E-state index contributed by atoms with van der Waals surface area (Å²) in [5.41, 5.74) is 2.76. The van der Waals surface area contributed by atoms with Crippen LogP contribution in [0, 0.1) is 0 Å². The Balaban J connectivity index is 1.27. The fraction of sp³-hybridized carbons (Fsp3) is 0.472. The summed E-state index contributed by atoms with van der Waals surface area (Å²) in [7, 11) is 2.77. The van der Waals surface area contributed by atoms with Crippen LogP contribution in [0.25, 0.3) is 0 Å². The molecule has 0 saturated carbocycles. The number of aliphatic hydroxyl groups is 1. The van der Waals surface area contributed by atoms with Crippen LogP contribution in [0.3, 0.4) is 0 Å². The Morgan fingerprint density at radius 3 is 1.96 bits per heavy atom. The smallest absolute Gasteiger partial charge is 0.457 e. The zero-order valence-electron chi connectivity index (χ0n) is 27.5. The van der Waals surface area contributed by atoms with E-state index in [1.54, 1.807) is 0 Å². The number of aliphatic hydroxyl groups excluding tert-OH is 1. The van der Waals surface area contributed by atoms with Gasteiger partial charge in [0.25, 0.3) is 0 Å². The fourth-order valence-electron chi connectivity index (χ4n) is 6.15. The quantitative estimate of drug-likeness (QED) is 0.199. The molecule has 3 aromatic carbocycles. The van der Waals surface area contributed by atoms with Crippen LogP contribution in [0.2, 0.25) is 0 Å². The lowest BCUT2D eigenvalue weighted by Gasteiger charge is -2.50. The summed E-state index contributed by atoms with van der Waals surface area (Å²) in [4.78, 5) is 12.3. The van der Waals surface area contributed by atoms with Crippen LogP contribution in [0.5, 0.6) is 0 Å². The molecule has 0 amide bonds. The molecule has 12 nitrogen and oxygen atoms in total. The number of hydrogen-bond acceptors (Lipinski definition) is 12. The highest BCUT2D eigenvalue weighted by atomic mass is 16.8. The van der Waals surface area contributed by atoms with Crippen molar-refractivity contribution < 1.29 is 57.1 Å². The van der Waals surface area contributed by atoms with Gasteiger partial charge < -0.3 is 52.3 Å². The van der Waals surface area contributed by atoms with E-state index in [4.69, 9.17) is 47.2 Å². The zero-order valence-corrected chi connectivity index (χ0v) is 27.5. The first kappa shape index (κ1) is 35.6. The molecule has 49 heavy (non-hydrogen) atoms. The highest BCUT2D eigenvalue weighted by Gasteiger charge is 2.54. The SMILES string of the molecule is CO[C@@H]1O[C@@H]2CO[B]O[C@@H]2[C@H](OCc2ccccc2)[C@H]1O[C@@H]1O[C@H](COCc2ccccc2)[C@H](OC(C)=O)[C@H](O)[C@H]1OCc1ccccc1. The number of rotatable bonds is 14. The maximum atomic E-state index is 12.3. The van der Waals surface area contributed by atoms with Gasteiger partial charge in [-0.25, -0.2) is 0 Å². The van der Waals surface area contributed by atoms with Gasteiger partial charge in [-0.3, -0.25) is 4.79 Å². The number of carbonyl (C=O) groups is 1. The number of hydrogen-bond donors (Lipinski definition) is 1. The second-order valence-electron chi connectivity index (χ2n) is 12.0. The van der Waals surface area contributed by atoms with Gasteiger partial charge in [0.05, 0.1) is 39.1 Å². The van der Waals surface area contributed by atoms with Gasteiger partial charge in [-0.1, -0.05) is 91.0 Å². The Hall–Kier alpha value is -3.21. The maximum absolute atomic E-state index is 12.3. The Morgan fingerprint density at radius 1 is 0.776 bits per heavy atom. The summed E-state index contributed by atoms with van der Waals surface area (Å²) in [6, 6.07) is 28.8. The highest BCUT2D eigenvalue weighted by Crippen LogP contribution is 2.35. The number of fused-ring (bicyclic) bond motifs is 1. The lowest BCUT2D eigenvalue weighted by atomic mass is 9.95. The molecule has 0 spiro atoms. The van der Waals surface area contributed by atoms with Gasteiger partial charge in [0.15, 0.2) is 18.7 Å². The minimum Gasteiger partial charge on any atom is -0.457 e. The first-order valence-corrected chi connectivity index (χ1v) is 16.4. The minimum absolute atomic E-state index is 0.0158. The molecule has 3 heterocycles. The first-order chi connectivity index (χ1) is 24.0. The lowest BCUT2D eigenvalue weighted by molar-refractivity contribution is -0.374. The predicted octanol–water partition coefficient (Wildman–Crippen LogP) is 3.10. The van der Waals surface area contributed by atoms with Crippen LogP contribution in [0.1, 0.15) is 23.6 Å². The monoisotopic (exact) mass is 677 g/mol. The number of benzene rings is 3. The van der Waals surface area contributed by atoms with E-state index in [-0.39, 0.29) is 33.0 Å². The van der Waals surface area contributed by atoms with E-state index >= 15 is 0 Å². The van der Waals surface area contributed by atoms with Gasteiger partial charge in [-0.2, -0.15) is 0 Å². The minimum atomic E-state index is -1.36. The number of methoxy groups -OCH3 is 1. The third-order valence-electron chi connectivity index (χ3n) is 8.54. The van der Waals surface area contributed by atoms with Crippen LogP contribution >= 0.6 is 0 Å². The summed E-state index contributed by atoms with van der Waals surface area (Å²) in [6.07, 6.45) is -9.39. The Morgan fingerprint density at radius 2 is 1.37 bits per heavy atom. The molecule has 6 rings (SSSR count). The second-order valence-corrected chi connectivity index (χ2v) is 12.0. The van der Waals surface area contributed by atoms with Gasteiger partial charge in [0, 0.05) is 14.0 Å². The van der Waals surface area contributed by atoms with Crippen molar-refractivity contribution >= 4 is 13.7 Å². The summed E-state index contributed by atoms with van der Waals surface area (Å²) in [6.45, 7) is 2.14. The molecule has 10 atom stereocenters. The highest BCUT2D eigenvalue weighted by molar-refractivity contribution is 6.18. The van der Waals surface area contributed by atoms with E-state index in [1.807, 2.05) is 91.0 Å². The van der Waals surface area contributed by atoms with Gasteiger partial charge in [0.1, 0.15) is 36.6 Å². The van der Waals surface area contributed by atoms with Crippen LogP contribution in [-0.2, 0) is 71.8 Å². The molecular formula is C36H42BO12. The van der Waals surface area contributed by atoms with Crippen molar-refractivity contribution in [2.75, 3.05) is 20.3 Å². The average Bonchev–Trinajstić information content (AvgIpc) is 3.13. The third kappa shape index (κ3) is 9.33. The van der Waals surface area contributed by atoms with E-state index in [0.29, 0.717) is 0 Å². The van der Waals surface area contributed by atoms with Crippen molar-refractivity contribution in [3.63, 3.8) is 0 Å². The fourth-order valence-corrected chi connectivity index (χ4v) is 6.15. The van der Waals surface area contributed by atoms with Gasteiger partial charge in [-0.15, -0.1) is 0 Å². The van der Waals surface area contributed by atoms with E-state index in [0.717, 1.165) is 16.7 Å². The van der Waals surface area contributed by atoms with Crippen molar-refractivity contribution in [1.29, 1.82) is 0 Å². The van der Waals surface area contributed by atoms with E-state index in [9.17, 15) is 9.90 Å². The van der Waals surface area contributed by atoms with Crippen LogP contribution in [0.15, 0.2) is 91.0 Å². The lowest BCUT2D eigenvalue weighted by Crippen LogP contribution is -2.67. The maximum Gasteiger partial charge on any atom is 0.488 e. The molecule has 3 aliphatic heterocycles. The molecule has 0 bridgehead atoms. The number of esters is 1. The standard InChI is InChI=1S/C36H42BO12/c1-23(38)45-30-27(21-41-18-24-12-6-3-7-13-24)47-36(32(29(30)39)42-19-25-14-8-4-9-15-25)48-34-33(43-20-26-16-10-5-11-17-26)31-28(22-44-37-49-31)46-35(34)40-2/h3-17,27-36,39H,18-22H2,1-2H3/t27-,28-,29+,30+,31+,32-,33+,34-,35-,36+/m1/s1. The van der Waals surface area contributed by atoms with Gasteiger partial charge in [0.2, 0.25) is 0 Å². The van der Waals surface area contributed by atoms with Crippen molar-refractivity contribution in [2.45, 2.75) is 88.2 Å². The Bertz CT molecular complexity index is 1420. The van der Waals surface area contributed by atoms with Gasteiger partial charge >= 0.3 is 13.7 Å². The largest absolute Gasteiger partial charge is 0.488 e. The van der Waals surface area contributed by atoms with Crippen LogP contribution < -0.4 is 0 Å². The van der Waals surface area contributed by atoms with E-state index in [2.05, 4.69) is 0 Å². The van der Waals surface area contributed by atoms with Gasteiger partial charge in [-0.05, 0) is 16.7 Å². The predicted molar refractivity (Wildman–Crippen MR) is 173 cm³/mol. The molecule has 1 radical (unpaired) electrons. The van der Waals surface area contributed by atoms with Crippen molar-refractivity contribution in [3.05, 3.63) is 108 Å². The Kier molecular flexibility index (Phi) is 12.8. The topological polar surface area (TPSA) is 130 Å². The number of ether oxygens (including phenoxy) is 8. The molecule has 13 heteroatoms. The summed E-state index contributed by atoms with van der Waals surface area (Å²) in [5.74, 6) is -0.588. The molecule has 3 saturated heterocycles. The number of carbonyl (C=O) groups excluding carboxylic acids is 1. The van der Waals surface area contributed by atoms with Crippen molar-refractivity contribution in [1.82, 2.24) is 0 Å². The second kappa shape index (κ2) is 17.6. The molecular weight excluding hydrogens is 635 g/mol. The third-order valence-corrected chi connectivity index (χ3v) is 8.54. The first-order valence-electron chi connectivity index (χ1n) is 16.4. The molecule has 261 valence electrons. The molecule has 1 N–H and O–H groups in total. The molecule has 0 aromatic heterocycles. The molecule has 0 unspecified atom stereocenters. The summed E-state index contributed by atoms with van der Waals surface area (Å²) in [5, 5.41) is 11.8. The molecule has 3 aliphatic rings. The van der Waals surface area contributed by atoms with Crippen LogP contribution in [0.4, 0.5) is 0 Å². The summed E-state index contributed by atoms with van der Waals surface area (Å²) < 4.78 is 60.9. The van der Waals surface area contributed by atoms with E-state index in [1.165, 1.54) is 21.7 Å². The molecule has 3 aromatic rings. The Labute approximate surface area is 286 Å². The zero-order chi connectivity index (χ0) is 34.0.